The number of hydrogen-bond donors (Lipinski definition) is 2. The number of halogens is 1. The van der Waals surface area contributed by atoms with E-state index in [0.29, 0.717) is 12.4 Å². The highest BCUT2D eigenvalue weighted by atomic mass is 19.1. The van der Waals surface area contributed by atoms with Crippen LogP contribution >= 0.6 is 0 Å². The molecule has 4 N–H and O–H groups in total. The summed E-state index contributed by atoms with van der Waals surface area (Å²) in [5.41, 5.74) is 12.1. The molecule has 0 radical (unpaired) electrons. The Morgan fingerprint density at radius 1 is 1.05 bits per heavy atom. The molecule has 0 aromatic heterocycles. The number of nitrogens with two attached hydrogens (primary N) is 2. The number of benzene rings is 2. The van der Waals surface area contributed by atoms with Gasteiger partial charge in [-0.1, -0.05) is 12.1 Å². The molecule has 0 saturated heterocycles. The Labute approximate surface area is 121 Å². The molecule has 5 nitrogen and oxygen atoms in total. The predicted octanol–water partition coefficient (Wildman–Crippen LogP) is 2.01. The third-order valence-corrected chi connectivity index (χ3v) is 2.58. The molecule has 0 saturated carbocycles. The summed E-state index contributed by atoms with van der Waals surface area (Å²) in [6.07, 6.45) is 1.53. The molecule has 2 aromatic rings. The normalized spacial score (nSPS) is 10.5. The summed E-state index contributed by atoms with van der Waals surface area (Å²) >= 11 is 0. The van der Waals surface area contributed by atoms with Crippen LogP contribution < -0.4 is 16.2 Å². The van der Waals surface area contributed by atoms with Crippen LogP contribution in [0.25, 0.3) is 0 Å². The third kappa shape index (κ3) is 4.94. The molecule has 0 aliphatic carbocycles. The largest absolute Gasteiger partial charge is 0.489 e. The van der Waals surface area contributed by atoms with Crippen molar-refractivity contribution in [2.45, 2.75) is 6.61 Å². The van der Waals surface area contributed by atoms with Crippen LogP contribution in [-0.4, -0.2) is 12.2 Å². The fourth-order valence-electron chi connectivity index (χ4n) is 1.56. The average Bonchev–Trinajstić information content (AvgIpc) is 2.48. The van der Waals surface area contributed by atoms with Crippen molar-refractivity contribution in [3.8, 4) is 5.75 Å². The van der Waals surface area contributed by atoms with Crippen molar-refractivity contribution in [2.24, 2.45) is 21.7 Å². The smallest absolute Gasteiger partial charge is 0.211 e. The van der Waals surface area contributed by atoms with E-state index in [9.17, 15) is 4.39 Å². The van der Waals surface area contributed by atoms with Crippen LogP contribution in [0.15, 0.2) is 58.7 Å². The molecular weight excluding hydrogens is 271 g/mol. The molecule has 2 aromatic carbocycles. The summed E-state index contributed by atoms with van der Waals surface area (Å²) in [5, 5.41) is 7.21. The zero-order chi connectivity index (χ0) is 15.1. The second-order valence-corrected chi connectivity index (χ2v) is 4.25. The first-order chi connectivity index (χ1) is 10.1. The third-order valence-electron chi connectivity index (χ3n) is 2.58. The van der Waals surface area contributed by atoms with Crippen LogP contribution in [0, 0.1) is 5.82 Å². The first kappa shape index (κ1) is 14.5. The van der Waals surface area contributed by atoms with Crippen LogP contribution in [0.1, 0.15) is 11.1 Å². The minimum absolute atomic E-state index is 0.0921. The SMILES string of the molecule is NC(N)=N/N=C\c1ccc(OCc2ccc(F)cc2)cc1. The van der Waals surface area contributed by atoms with E-state index in [1.807, 2.05) is 12.1 Å². The van der Waals surface area contributed by atoms with Gasteiger partial charge >= 0.3 is 0 Å². The molecule has 0 fully saturated rings. The zero-order valence-electron chi connectivity index (χ0n) is 11.2. The second-order valence-electron chi connectivity index (χ2n) is 4.25. The highest BCUT2D eigenvalue weighted by molar-refractivity contribution is 5.81. The second kappa shape index (κ2) is 7.04. The lowest BCUT2D eigenvalue weighted by Crippen LogP contribution is -2.21. The van der Waals surface area contributed by atoms with Gasteiger partial charge in [-0.15, -0.1) is 5.10 Å². The van der Waals surface area contributed by atoms with Gasteiger partial charge in [0.15, 0.2) is 0 Å². The molecule has 0 aliphatic rings. The monoisotopic (exact) mass is 286 g/mol. The van der Waals surface area contributed by atoms with Crippen molar-refractivity contribution in [3.05, 3.63) is 65.5 Å². The maximum Gasteiger partial charge on any atom is 0.211 e. The van der Waals surface area contributed by atoms with Crippen molar-refractivity contribution in [3.63, 3.8) is 0 Å². The van der Waals surface area contributed by atoms with Gasteiger partial charge in [0.1, 0.15) is 18.2 Å². The van der Waals surface area contributed by atoms with E-state index in [0.717, 1.165) is 11.1 Å². The molecule has 0 aliphatic heterocycles. The van der Waals surface area contributed by atoms with Gasteiger partial charge in [-0.25, -0.2) is 4.39 Å². The maximum atomic E-state index is 12.8. The highest BCUT2D eigenvalue weighted by Gasteiger charge is 1.97. The fraction of sp³-hybridized carbons (Fsp3) is 0.0667. The summed E-state index contributed by atoms with van der Waals surface area (Å²) in [4.78, 5) is 0. The molecule has 0 unspecified atom stereocenters. The van der Waals surface area contributed by atoms with Crippen molar-refractivity contribution < 1.29 is 9.13 Å². The van der Waals surface area contributed by atoms with Gasteiger partial charge in [0.2, 0.25) is 5.96 Å². The molecule has 108 valence electrons. The lowest BCUT2D eigenvalue weighted by atomic mass is 10.2. The van der Waals surface area contributed by atoms with E-state index in [-0.39, 0.29) is 11.8 Å². The van der Waals surface area contributed by atoms with Crippen LogP contribution in [0.4, 0.5) is 4.39 Å². The lowest BCUT2D eigenvalue weighted by Gasteiger charge is -2.06. The molecule has 6 heteroatoms. The lowest BCUT2D eigenvalue weighted by molar-refractivity contribution is 0.306. The fourth-order valence-corrected chi connectivity index (χ4v) is 1.56. The molecule has 0 amide bonds. The van der Waals surface area contributed by atoms with Gasteiger partial charge in [-0.05, 0) is 47.5 Å². The number of hydrogen-bond acceptors (Lipinski definition) is 3. The molecular formula is C15H15FN4O. The first-order valence-electron chi connectivity index (χ1n) is 6.23. The van der Waals surface area contributed by atoms with Crippen molar-refractivity contribution in [1.82, 2.24) is 0 Å². The summed E-state index contributed by atoms with van der Waals surface area (Å²) in [7, 11) is 0. The van der Waals surface area contributed by atoms with Crippen LogP contribution in [0.2, 0.25) is 0 Å². The Morgan fingerprint density at radius 2 is 1.71 bits per heavy atom. The van der Waals surface area contributed by atoms with Crippen molar-refractivity contribution in [1.29, 1.82) is 0 Å². The topological polar surface area (TPSA) is 86.0 Å². The first-order valence-corrected chi connectivity index (χ1v) is 6.23. The summed E-state index contributed by atoms with van der Waals surface area (Å²) in [6.45, 7) is 0.377. The van der Waals surface area contributed by atoms with Crippen molar-refractivity contribution in [2.75, 3.05) is 0 Å². The Morgan fingerprint density at radius 3 is 2.33 bits per heavy atom. The molecule has 2 rings (SSSR count). The number of ether oxygens (including phenoxy) is 1. The van der Waals surface area contributed by atoms with Crippen LogP contribution in [-0.2, 0) is 6.61 Å². The highest BCUT2D eigenvalue weighted by Crippen LogP contribution is 2.13. The minimum Gasteiger partial charge on any atom is -0.489 e. The predicted molar refractivity (Wildman–Crippen MR) is 80.6 cm³/mol. The van der Waals surface area contributed by atoms with Gasteiger partial charge in [-0.2, -0.15) is 5.10 Å². The summed E-state index contributed by atoms with van der Waals surface area (Å²) in [5.74, 6) is 0.354. The van der Waals surface area contributed by atoms with E-state index in [4.69, 9.17) is 16.2 Å². The van der Waals surface area contributed by atoms with Crippen LogP contribution in [0.3, 0.4) is 0 Å². The Hall–Kier alpha value is -2.89. The van der Waals surface area contributed by atoms with E-state index < -0.39 is 0 Å². The summed E-state index contributed by atoms with van der Waals surface area (Å²) < 4.78 is 18.4. The summed E-state index contributed by atoms with van der Waals surface area (Å²) in [6, 6.07) is 13.4. The standard InChI is InChI=1S/C15H15FN4O/c16-13-5-1-12(2-6-13)10-21-14-7-3-11(4-8-14)9-19-20-15(17)18/h1-9H,10H2,(H4,17,18,20)/b19-9-. The Balaban J connectivity index is 1.91. The minimum atomic E-state index is -0.261. The van der Waals surface area contributed by atoms with Gasteiger partial charge in [0, 0.05) is 0 Å². The number of nitrogens with zero attached hydrogens (tertiary/aromatic N) is 2. The van der Waals surface area contributed by atoms with Gasteiger partial charge < -0.3 is 16.2 Å². The van der Waals surface area contributed by atoms with Gasteiger partial charge in [0.25, 0.3) is 0 Å². The van der Waals surface area contributed by atoms with E-state index in [1.54, 1.807) is 24.3 Å². The van der Waals surface area contributed by atoms with Gasteiger partial charge in [-0.3, -0.25) is 0 Å². The Bertz CT molecular complexity index is 632. The molecule has 0 bridgehead atoms. The molecule has 21 heavy (non-hydrogen) atoms. The maximum absolute atomic E-state index is 12.8. The van der Waals surface area contributed by atoms with Crippen molar-refractivity contribution >= 4 is 12.2 Å². The Kier molecular flexibility index (Phi) is 4.87. The molecule has 0 heterocycles. The van der Waals surface area contributed by atoms with E-state index in [1.165, 1.54) is 18.3 Å². The quantitative estimate of drug-likeness (QED) is 0.501. The van der Waals surface area contributed by atoms with E-state index in [2.05, 4.69) is 10.2 Å². The number of rotatable bonds is 5. The number of guanidine groups is 1. The molecule has 0 spiro atoms. The molecule has 0 atom stereocenters. The average molecular weight is 286 g/mol. The van der Waals surface area contributed by atoms with Crippen LogP contribution in [0.5, 0.6) is 5.75 Å². The van der Waals surface area contributed by atoms with E-state index >= 15 is 0 Å². The van der Waals surface area contributed by atoms with Gasteiger partial charge in [0.05, 0.1) is 6.21 Å². The zero-order valence-corrected chi connectivity index (χ0v) is 11.2.